The summed E-state index contributed by atoms with van der Waals surface area (Å²) in [6.07, 6.45) is 1.87. The van der Waals surface area contributed by atoms with Crippen molar-refractivity contribution in [1.82, 2.24) is 0 Å². The highest BCUT2D eigenvalue weighted by atomic mass is 16.5. The number of aromatic nitrogens is 1. The van der Waals surface area contributed by atoms with Crippen molar-refractivity contribution in [3.8, 4) is 5.88 Å². The number of ether oxygens (including phenoxy) is 1. The van der Waals surface area contributed by atoms with E-state index in [0.29, 0.717) is 0 Å². The molecule has 1 N–H and O–H groups in total. The van der Waals surface area contributed by atoms with Crippen LogP contribution in [0.15, 0.2) is 18.3 Å². The van der Waals surface area contributed by atoms with E-state index in [-0.39, 0.29) is 5.41 Å². The van der Waals surface area contributed by atoms with Crippen molar-refractivity contribution in [2.75, 3.05) is 7.11 Å². The zero-order valence-electron chi connectivity index (χ0n) is 8.14. The molecule has 2 nitrogen and oxygen atoms in total. The van der Waals surface area contributed by atoms with E-state index in [4.69, 9.17) is 4.74 Å². The van der Waals surface area contributed by atoms with E-state index in [1.807, 2.05) is 12.3 Å². The van der Waals surface area contributed by atoms with E-state index in [1.54, 1.807) is 7.11 Å². The topological polar surface area (TPSA) is 23.4 Å². The van der Waals surface area contributed by atoms with E-state index in [1.165, 1.54) is 5.56 Å². The smallest absolute Gasteiger partial charge is 0.369 e. The molecule has 0 aliphatic rings. The molecule has 2 heteroatoms. The van der Waals surface area contributed by atoms with Gasteiger partial charge in [0.1, 0.15) is 0 Å². The molecule has 0 aromatic carbocycles. The van der Waals surface area contributed by atoms with Crippen LogP contribution in [0.2, 0.25) is 0 Å². The van der Waals surface area contributed by atoms with Crippen LogP contribution in [0, 0.1) is 0 Å². The molecule has 0 atom stereocenters. The van der Waals surface area contributed by atoms with Gasteiger partial charge in [-0.05, 0) is 11.5 Å². The molecular formula is C10H16NO+. The first-order valence-corrected chi connectivity index (χ1v) is 4.11. The van der Waals surface area contributed by atoms with Crippen molar-refractivity contribution in [2.24, 2.45) is 0 Å². The van der Waals surface area contributed by atoms with Crippen molar-refractivity contribution < 1.29 is 9.72 Å². The van der Waals surface area contributed by atoms with Gasteiger partial charge in [-0.25, -0.2) is 0 Å². The number of rotatable bonds is 1. The van der Waals surface area contributed by atoms with Gasteiger partial charge in [-0.3, -0.25) is 0 Å². The minimum atomic E-state index is 0.128. The van der Waals surface area contributed by atoms with Crippen molar-refractivity contribution in [1.29, 1.82) is 0 Å². The molecule has 0 amide bonds. The number of H-pyrrole nitrogens is 1. The summed E-state index contributed by atoms with van der Waals surface area (Å²) < 4.78 is 5.22. The Bertz CT molecular complexity index is 263. The average Bonchev–Trinajstić information content (AvgIpc) is 2.03. The van der Waals surface area contributed by atoms with Crippen LogP contribution in [-0.2, 0) is 5.41 Å². The number of pyridine rings is 1. The van der Waals surface area contributed by atoms with Crippen LogP contribution in [0.25, 0.3) is 0 Å². The molecule has 1 heterocycles. The Hall–Kier alpha value is -1.05. The highest BCUT2D eigenvalue weighted by molar-refractivity contribution is 5.27. The largest absolute Gasteiger partial charge is 0.448 e. The van der Waals surface area contributed by atoms with Crippen LogP contribution in [-0.4, -0.2) is 7.11 Å². The normalized spacial score (nSPS) is 11.3. The van der Waals surface area contributed by atoms with E-state index in [2.05, 4.69) is 31.8 Å². The molecule has 0 bridgehead atoms. The van der Waals surface area contributed by atoms with Crippen molar-refractivity contribution in [3.05, 3.63) is 23.9 Å². The Morgan fingerprint density at radius 3 is 2.42 bits per heavy atom. The predicted molar refractivity (Wildman–Crippen MR) is 48.2 cm³/mol. The SMILES string of the molecule is COc1[nH+]cccc1C(C)(C)C. The summed E-state index contributed by atoms with van der Waals surface area (Å²) in [6, 6.07) is 4.07. The standard InChI is InChI=1S/C10H15NO/c1-10(2,3)8-6-5-7-11-9(8)12-4/h5-7H,1-4H3/p+1. The van der Waals surface area contributed by atoms with Crippen LogP contribution in [0.5, 0.6) is 5.88 Å². The first-order valence-electron chi connectivity index (χ1n) is 4.11. The Kier molecular flexibility index (Phi) is 2.36. The highest BCUT2D eigenvalue weighted by Gasteiger charge is 2.22. The molecule has 0 aliphatic carbocycles. The number of aromatic amines is 1. The average molecular weight is 166 g/mol. The Balaban J connectivity index is 3.14. The second kappa shape index (κ2) is 3.13. The van der Waals surface area contributed by atoms with Crippen LogP contribution >= 0.6 is 0 Å². The lowest BCUT2D eigenvalue weighted by Gasteiger charge is -2.17. The fraction of sp³-hybridized carbons (Fsp3) is 0.500. The third-order valence-corrected chi connectivity index (χ3v) is 1.83. The Morgan fingerprint density at radius 2 is 2.00 bits per heavy atom. The molecule has 1 aromatic rings. The molecule has 66 valence electrons. The molecule has 0 unspecified atom stereocenters. The van der Waals surface area contributed by atoms with Gasteiger partial charge in [0.2, 0.25) is 0 Å². The summed E-state index contributed by atoms with van der Waals surface area (Å²) >= 11 is 0. The molecule has 1 aromatic heterocycles. The van der Waals surface area contributed by atoms with Crippen LogP contribution in [0.3, 0.4) is 0 Å². The highest BCUT2D eigenvalue weighted by Crippen LogP contribution is 2.26. The quantitative estimate of drug-likeness (QED) is 0.624. The molecule has 0 fully saturated rings. The van der Waals surface area contributed by atoms with Crippen LogP contribution in [0.4, 0.5) is 0 Å². The first kappa shape index (κ1) is 9.04. The summed E-state index contributed by atoms with van der Waals surface area (Å²) in [6.45, 7) is 6.50. The number of methoxy groups -OCH3 is 1. The summed E-state index contributed by atoms with van der Waals surface area (Å²) in [5, 5.41) is 0. The first-order chi connectivity index (χ1) is 5.55. The maximum atomic E-state index is 5.22. The Morgan fingerprint density at radius 1 is 1.33 bits per heavy atom. The zero-order chi connectivity index (χ0) is 9.19. The molecule has 0 radical (unpaired) electrons. The van der Waals surface area contributed by atoms with E-state index < -0.39 is 0 Å². The third kappa shape index (κ3) is 1.76. The predicted octanol–water partition coefficient (Wildman–Crippen LogP) is 1.81. The van der Waals surface area contributed by atoms with Gasteiger partial charge in [0.25, 0.3) is 0 Å². The number of hydrogen-bond acceptors (Lipinski definition) is 1. The zero-order valence-corrected chi connectivity index (χ0v) is 8.14. The summed E-state index contributed by atoms with van der Waals surface area (Å²) in [7, 11) is 1.68. The van der Waals surface area contributed by atoms with E-state index in [9.17, 15) is 0 Å². The maximum Gasteiger partial charge on any atom is 0.369 e. The lowest BCUT2D eigenvalue weighted by Crippen LogP contribution is -2.18. The summed E-state index contributed by atoms with van der Waals surface area (Å²) in [4.78, 5) is 3.07. The fourth-order valence-corrected chi connectivity index (χ4v) is 1.18. The Labute approximate surface area is 73.6 Å². The molecule has 0 saturated carbocycles. The van der Waals surface area contributed by atoms with Crippen molar-refractivity contribution >= 4 is 0 Å². The number of nitrogens with one attached hydrogen (secondary N) is 1. The van der Waals surface area contributed by atoms with Crippen LogP contribution in [0.1, 0.15) is 26.3 Å². The number of hydrogen-bond donors (Lipinski definition) is 0. The van der Waals surface area contributed by atoms with Gasteiger partial charge in [-0.1, -0.05) is 20.8 Å². The summed E-state index contributed by atoms with van der Waals surface area (Å²) in [5.41, 5.74) is 1.33. The van der Waals surface area contributed by atoms with Gasteiger partial charge in [0.15, 0.2) is 6.20 Å². The lowest BCUT2D eigenvalue weighted by molar-refractivity contribution is -0.394. The van der Waals surface area contributed by atoms with Gasteiger partial charge >= 0.3 is 5.88 Å². The minimum absolute atomic E-state index is 0.128. The van der Waals surface area contributed by atoms with Gasteiger partial charge in [0, 0.05) is 6.07 Å². The molecule has 0 spiro atoms. The monoisotopic (exact) mass is 166 g/mol. The third-order valence-electron chi connectivity index (χ3n) is 1.83. The van der Waals surface area contributed by atoms with Crippen molar-refractivity contribution in [3.63, 3.8) is 0 Å². The van der Waals surface area contributed by atoms with Crippen LogP contribution < -0.4 is 9.72 Å². The second-order valence-corrected chi connectivity index (χ2v) is 3.87. The van der Waals surface area contributed by atoms with Gasteiger partial charge in [-0.2, -0.15) is 4.98 Å². The maximum absolute atomic E-state index is 5.22. The van der Waals surface area contributed by atoms with Gasteiger partial charge in [-0.15, -0.1) is 0 Å². The van der Waals surface area contributed by atoms with E-state index in [0.717, 1.165) is 5.88 Å². The van der Waals surface area contributed by atoms with Gasteiger partial charge < -0.3 is 4.74 Å². The van der Waals surface area contributed by atoms with Crippen molar-refractivity contribution in [2.45, 2.75) is 26.2 Å². The molecule has 0 saturated heterocycles. The molecular weight excluding hydrogens is 150 g/mol. The van der Waals surface area contributed by atoms with Gasteiger partial charge in [0.05, 0.1) is 12.7 Å². The van der Waals surface area contributed by atoms with E-state index >= 15 is 0 Å². The second-order valence-electron chi connectivity index (χ2n) is 3.87. The minimum Gasteiger partial charge on any atom is -0.448 e. The molecule has 12 heavy (non-hydrogen) atoms. The fourth-order valence-electron chi connectivity index (χ4n) is 1.18. The summed E-state index contributed by atoms with van der Waals surface area (Å²) in [5.74, 6) is 0.852. The molecule has 1 rings (SSSR count). The molecule has 0 aliphatic heterocycles. The lowest BCUT2D eigenvalue weighted by atomic mass is 9.88.